The fraction of sp³-hybridized carbons (Fsp3) is 0.286. The van der Waals surface area contributed by atoms with E-state index >= 15 is 0 Å². The molecule has 10 heteroatoms. The fourth-order valence-corrected chi connectivity index (χ4v) is 1.58. The van der Waals surface area contributed by atoms with Crippen LogP contribution in [-0.4, -0.2) is 23.4 Å². The first-order valence-corrected chi connectivity index (χ1v) is 4.96. The van der Waals surface area contributed by atoms with Crippen LogP contribution in [0, 0.1) is 13.8 Å². The van der Waals surface area contributed by atoms with E-state index in [0.717, 1.165) is 7.11 Å². The van der Waals surface area contributed by atoms with Crippen LogP contribution >= 0.6 is 22.6 Å². The second kappa shape index (κ2) is 4.89. The van der Waals surface area contributed by atoms with Crippen LogP contribution in [0.1, 0.15) is 0 Å². The summed E-state index contributed by atoms with van der Waals surface area (Å²) in [6.07, 6.45) is -4.27. The topological polar surface area (TPSA) is 74.5 Å². The largest absolute Gasteiger partial charge is 0.573 e. The molecule has 17 heavy (non-hydrogen) atoms. The van der Waals surface area contributed by atoms with Crippen molar-refractivity contribution < 1.29 is 27.6 Å². The van der Waals surface area contributed by atoms with Gasteiger partial charge in [0, 0.05) is 0 Å². The lowest BCUT2D eigenvalue weighted by Gasteiger charge is -2.12. The van der Waals surface area contributed by atoms with Crippen molar-refractivity contribution in [2.75, 3.05) is 7.11 Å². The second-order valence-corrected chi connectivity index (χ2v) is 3.62. The highest BCUT2D eigenvalue weighted by Gasteiger charge is 2.35. The Balaban J connectivity index is 3.33. The SMILES string of the molecule is COc1c(OC(F)(F)F)cnc(I)c1[N+](=O)[O-]. The number of hydrogen-bond acceptors (Lipinski definition) is 5. The molecular formula is C7H4F3IN2O4. The molecule has 0 amide bonds. The summed E-state index contributed by atoms with van der Waals surface area (Å²) < 4.78 is 44.1. The van der Waals surface area contributed by atoms with Crippen LogP contribution < -0.4 is 9.47 Å². The third-order valence-corrected chi connectivity index (χ3v) is 2.33. The Morgan fingerprint density at radius 1 is 1.53 bits per heavy atom. The molecule has 0 saturated carbocycles. The Bertz CT molecular complexity index is 451. The molecular weight excluding hydrogens is 360 g/mol. The summed E-state index contributed by atoms with van der Waals surface area (Å²) in [6.45, 7) is 0. The highest BCUT2D eigenvalue weighted by atomic mass is 127. The van der Waals surface area contributed by atoms with Gasteiger partial charge in [0.25, 0.3) is 0 Å². The Kier molecular flexibility index (Phi) is 3.95. The maximum atomic E-state index is 12.0. The second-order valence-electron chi connectivity index (χ2n) is 2.60. The molecule has 0 aliphatic rings. The molecule has 0 saturated heterocycles. The molecule has 0 unspecified atom stereocenters. The molecule has 1 rings (SSSR count). The zero-order valence-electron chi connectivity index (χ0n) is 8.12. The average Bonchev–Trinajstić information content (AvgIpc) is 2.17. The monoisotopic (exact) mass is 364 g/mol. The van der Waals surface area contributed by atoms with E-state index in [-0.39, 0.29) is 3.70 Å². The van der Waals surface area contributed by atoms with Crippen LogP contribution in [0.4, 0.5) is 18.9 Å². The lowest BCUT2D eigenvalue weighted by atomic mass is 10.3. The molecule has 1 aromatic rings. The summed E-state index contributed by atoms with van der Waals surface area (Å²) in [5.74, 6) is -1.47. The number of methoxy groups -OCH3 is 1. The van der Waals surface area contributed by atoms with E-state index in [0.29, 0.717) is 6.20 Å². The van der Waals surface area contributed by atoms with Crippen molar-refractivity contribution in [1.82, 2.24) is 4.98 Å². The molecule has 0 atom stereocenters. The van der Waals surface area contributed by atoms with Crippen molar-refractivity contribution in [3.05, 3.63) is 20.0 Å². The van der Waals surface area contributed by atoms with Crippen LogP contribution in [0.2, 0.25) is 0 Å². The molecule has 0 N–H and O–H groups in total. The molecule has 0 bridgehead atoms. The van der Waals surface area contributed by atoms with E-state index in [9.17, 15) is 23.3 Å². The van der Waals surface area contributed by atoms with Gasteiger partial charge in [0.15, 0.2) is 9.45 Å². The predicted octanol–water partition coefficient (Wildman–Crippen LogP) is 2.50. The van der Waals surface area contributed by atoms with Gasteiger partial charge in [0.1, 0.15) is 0 Å². The molecule has 1 aromatic heterocycles. The van der Waals surface area contributed by atoms with E-state index in [1.165, 1.54) is 22.6 Å². The number of nitrogens with zero attached hydrogens (tertiary/aromatic N) is 2. The number of nitro groups is 1. The smallest absolute Gasteiger partial charge is 0.487 e. The van der Waals surface area contributed by atoms with Crippen LogP contribution in [0.5, 0.6) is 11.5 Å². The summed E-state index contributed by atoms with van der Waals surface area (Å²) in [6, 6.07) is 0. The number of alkyl halides is 3. The maximum absolute atomic E-state index is 12.0. The van der Waals surface area contributed by atoms with Crippen LogP contribution in [0.3, 0.4) is 0 Å². The highest BCUT2D eigenvalue weighted by molar-refractivity contribution is 14.1. The minimum atomic E-state index is -4.98. The van der Waals surface area contributed by atoms with E-state index in [1.54, 1.807) is 0 Å². The third kappa shape index (κ3) is 3.31. The molecule has 0 fully saturated rings. The normalized spacial score (nSPS) is 11.1. The van der Waals surface area contributed by atoms with E-state index in [1.807, 2.05) is 0 Å². The lowest BCUT2D eigenvalue weighted by molar-refractivity contribution is -0.387. The van der Waals surface area contributed by atoms with Crippen LogP contribution in [0.25, 0.3) is 0 Å². The maximum Gasteiger partial charge on any atom is 0.573 e. The van der Waals surface area contributed by atoms with Crippen LogP contribution in [-0.2, 0) is 0 Å². The summed E-state index contributed by atoms with van der Waals surface area (Å²) in [4.78, 5) is 13.2. The number of hydrogen-bond donors (Lipinski definition) is 0. The molecule has 0 aromatic carbocycles. The lowest BCUT2D eigenvalue weighted by Crippen LogP contribution is -2.18. The number of pyridine rings is 1. The summed E-state index contributed by atoms with van der Waals surface area (Å²) >= 11 is 1.51. The highest BCUT2D eigenvalue weighted by Crippen LogP contribution is 2.40. The van der Waals surface area contributed by atoms with Crippen molar-refractivity contribution >= 4 is 28.3 Å². The van der Waals surface area contributed by atoms with Gasteiger partial charge >= 0.3 is 12.0 Å². The molecule has 94 valence electrons. The Morgan fingerprint density at radius 3 is 2.53 bits per heavy atom. The van der Waals surface area contributed by atoms with Crippen LogP contribution in [0.15, 0.2) is 6.20 Å². The van der Waals surface area contributed by atoms with Gasteiger partial charge < -0.3 is 9.47 Å². The van der Waals surface area contributed by atoms with Gasteiger partial charge in [0.2, 0.25) is 5.75 Å². The fourth-order valence-electron chi connectivity index (χ4n) is 0.998. The first kappa shape index (κ1) is 13.7. The predicted molar refractivity (Wildman–Crippen MR) is 56.8 cm³/mol. The molecule has 6 nitrogen and oxygen atoms in total. The van der Waals surface area contributed by atoms with Gasteiger partial charge in [-0.1, -0.05) is 0 Å². The van der Waals surface area contributed by atoms with Gasteiger partial charge in [-0.3, -0.25) is 10.1 Å². The summed E-state index contributed by atoms with van der Waals surface area (Å²) in [5.41, 5.74) is -0.671. The standard InChI is InChI=1S/C7H4F3IN2O4/c1-16-5-3(17-7(8,9)10)2-12-6(11)4(5)13(14)15/h2H,1H3. The van der Waals surface area contributed by atoms with Gasteiger partial charge in [0.05, 0.1) is 18.2 Å². The van der Waals surface area contributed by atoms with Gasteiger partial charge in [-0.2, -0.15) is 0 Å². The number of aromatic nitrogens is 1. The van der Waals surface area contributed by atoms with Crippen molar-refractivity contribution in [2.24, 2.45) is 0 Å². The Labute approximate surface area is 106 Å². The molecule has 0 spiro atoms. The van der Waals surface area contributed by atoms with Gasteiger partial charge in [-0.05, 0) is 22.6 Å². The number of ether oxygens (including phenoxy) is 2. The van der Waals surface area contributed by atoms with E-state index < -0.39 is 28.5 Å². The van der Waals surface area contributed by atoms with Crippen molar-refractivity contribution in [3.63, 3.8) is 0 Å². The average molecular weight is 364 g/mol. The minimum absolute atomic E-state index is 0.0982. The van der Waals surface area contributed by atoms with Crippen molar-refractivity contribution in [2.45, 2.75) is 6.36 Å². The Morgan fingerprint density at radius 2 is 2.12 bits per heavy atom. The first-order chi connectivity index (χ1) is 7.76. The van der Waals surface area contributed by atoms with Gasteiger partial charge in [-0.15, -0.1) is 13.2 Å². The summed E-state index contributed by atoms with van der Waals surface area (Å²) in [7, 11) is 1.00. The van der Waals surface area contributed by atoms with Crippen molar-refractivity contribution in [1.29, 1.82) is 0 Å². The zero-order valence-corrected chi connectivity index (χ0v) is 10.3. The number of halogens is 4. The molecule has 0 aliphatic heterocycles. The van der Waals surface area contributed by atoms with E-state index in [2.05, 4.69) is 14.5 Å². The number of rotatable bonds is 3. The first-order valence-electron chi connectivity index (χ1n) is 3.89. The quantitative estimate of drug-likeness (QED) is 0.357. The minimum Gasteiger partial charge on any atom is -0.487 e. The summed E-state index contributed by atoms with van der Waals surface area (Å²) in [5, 5.41) is 10.7. The third-order valence-electron chi connectivity index (χ3n) is 1.54. The Hall–Kier alpha value is -1.33. The van der Waals surface area contributed by atoms with Crippen molar-refractivity contribution in [3.8, 4) is 11.5 Å². The van der Waals surface area contributed by atoms with E-state index in [4.69, 9.17) is 0 Å². The van der Waals surface area contributed by atoms with Gasteiger partial charge in [-0.25, -0.2) is 4.98 Å². The molecule has 0 radical (unpaired) electrons. The molecule has 0 aliphatic carbocycles. The zero-order chi connectivity index (χ0) is 13.2. The molecule has 1 heterocycles.